The number of pyridine rings is 1. The Kier molecular flexibility index (Phi) is 5.58. The van der Waals surface area contributed by atoms with E-state index in [1.165, 1.54) is 12.3 Å². The van der Waals surface area contributed by atoms with Gasteiger partial charge in [0.2, 0.25) is 0 Å². The first-order valence-corrected chi connectivity index (χ1v) is 13.5. The summed E-state index contributed by atoms with van der Waals surface area (Å²) < 4.78 is 14.2. The van der Waals surface area contributed by atoms with E-state index in [2.05, 4.69) is 15.3 Å². The van der Waals surface area contributed by atoms with Gasteiger partial charge < -0.3 is 15.4 Å². The molecule has 7 nitrogen and oxygen atoms in total. The maximum Gasteiger partial charge on any atom is 0.309 e. The molecule has 196 valence electrons. The molecule has 8 heteroatoms. The van der Waals surface area contributed by atoms with Gasteiger partial charge in [-0.1, -0.05) is 55.3 Å². The maximum atomic E-state index is 14.2. The number of aliphatic carboxylic acids is 1. The van der Waals surface area contributed by atoms with Crippen molar-refractivity contribution >= 4 is 33.7 Å². The van der Waals surface area contributed by atoms with Gasteiger partial charge in [-0.25, -0.2) is 19.3 Å². The van der Waals surface area contributed by atoms with Gasteiger partial charge in [-0.15, -0.1) is 0 Å². The van der Waals surface area contributed by atoms with Crippen LogP contribution in [-0.4, -0.2) is 36.6 Å². The first-order chi connectivity index (χ1) is 19.0. The highest BCUT2D eigenvalue weighted by molar-refractivity contribution is 6.02. The molecule has 5 aromatic rings. The van der Waals surface area contributed by atoms with Crippen LogP contribution in [0, 0.1) is 17.7 Å². The minimum Gasteiger partial charge on any atom is -0.481 e. The molecule has 2 aromatic carbocycles. The third kappa shape index (κ3) is 3.93. The van der Waals surface area contributed by atoms with Crippen molar-refractivity contribution in [3.63, 3.8) is 0 Å². The standard InChI is InChI=1S/C31H28FN5O2/c32-20-15-23-24(17-34-27(23)33-16-20)28-35-26-21(18-7-2-1-3-8-18)11-4-12-22(26)29(36-28)37-31-13-5-9-19(10-6-14-31)25(31)30(38)39/h1-4,7-8,11-12,15-17,19,25H,5-6,9-10,13-14H2,(H,33,34)(H,38,39)(H,35,36,37). The number of rotatable bonds is 5. The molecule has 2 saturated carbocycles. The minimum atomic E-state index is -0.742. The molecule has 3 aromatic heterocycles. The molecule has 0 radical (unpaired) electrons. The van der Waals surface area contributed by atoms with E-state index < -0.39 is 23.2 Å². The van der Waals surface area contributed by atoms with E-state index in [1.54, 1.807) is 6.20 Å². The molecule has 2 bridgehead atoms. The Bertz CT molecular complexity index is 1710. The van der Waals surface area contributed by atoms with E-state index >= 15 is 0 Å². The molecule has 0 amide bonds. The second kappa shape index (κ2) is 9.15. The molecule has 7 rings (SSSR count). The summed E-state index contributed by atoms with van der Waals surface area (Å²) in [7, 11) is 0. The Labute approximate surface area is 224 Å². The summed E-state index contributed by atoms with van der Waals surface area (Å²) in [6.45, 7) is 0. The fourth-order valence-electron chi connectivity index (χ4n) is 6.98. The number of carboxylic acids is 1. The van der Waals surface area contributed by atoms with Gasteiger partial charge in [0.1, 0.15) is 17.3 Å². The van der Waals surface area contributed by atoms with Crippen LogP contribution in [0.3, 0.4) is 0 Å². The van der Waals surface area contributed by atoms with Gasteiger partial charge in [0, 0.05) is 28.1 Å². The van der Waals surface area contributed by atoms with Gasteiger partial charge in [-0.05, 0) is 49.3 Å². The number of halogens is 1. The largest absolute Gasteiger partial charge is 0.481 e. The fraction of sp³-hybridized carbons (Fsp3) is 0.290. The number of fused-ring (bicyclic) bond motifs is 4. The molecule has 1 unspecified atom stereocenters. The molecule has 2 aliphatic carbocycles. The first-order valence-electron chi connectivity index (χ1n) is 13.5. The number of nitrogens with one attached hydrogen (secondary N) is 2. The summed E-state index contributed by atoms with van der Waals surface area (Å²) in [6.07, 6.45) is 8.36. The summed E-state index contributed by atoms with van der Waals surface area (Å²) in [4.78, 5) is 29.9. The van der Waals surface area contributed by atoms with Gasteiger partial charge in [0.05, 0.1) is 23.2 Å². The Balaban J connectivity index is 1.46. The molecule has 2 aliphatic rings. The topological polar surface area (TPSA) is 104 Å². The van der Waals surface area contributed by atoms with Crippen molar-refractivity contribution in [3.8, 4) is 22.5 Å². The fourth-order valence-corrected chi connectivity index (χ4v) is 6.98. The van der Waals surface area contributed by atoms with E-state index in [0.29, 0.717) is 28.2 Å². The lowest BCUT2D eigenvalue weighted by atomic mass is 9.59. The Hall–Kier alpha value is -4.33. The summed E-state index contributed by atoms with van der Waals surface area (Å²) in [5.41, 5.74) is 3.32. The summed E-state index contributed by atoms with van der Waals surface area (Å²) >= 11 is 0. The number of benzene rings is 2. The zero-order valence-electron chi connectivity index (χ0n) is 21.3. The number of para-hydroxylation sites is 1. The lowest BCUT2D eigenvalue weighted by molar-refractivity contribution is -0.149. The number of nitrogens with zero attached hydrogens (tertiary/aromatic N) is 3. The van der Waals surface area contributed by atoms with Gasteiger partial charge in [-0.3, -0.25) is 4.79 Å². The van der Waals surface area contributed by atoms with Crippen LogP contribution in [-0.2, 0) is 4.79 Å². The van der Waals surface area contributed by atoms with Crippen LogP contribution >= 0.6 is 0 Å². The van der Waals surface area contributed by atoms with Crippen LogP contribution in [0.15, 0.2) is 67.0 Å². The molecule has 0 spiro atoms. The monoisotopic (exact) mass is 521 g/mol. The van der Waals surface area contributed by atoms with Crippen LogP contribution in [0.5, 0.6) is 0 Å². The van der Waals surface area contributed by atoms with Gasteiger partial charge >= 0.3 is 5.97 Å². The first kappa shape index (κ1) is 23.8. The lowest BCUT2D eigenvalue weighted by Crippen LogP contribution is -2.56. The van der Waals surface area contributed by atoms with Crippen LogP contribution in [0.1, 0.15) is 38.5 Å². The average Bonchev–Trinajstić information content (AvgIpc) is 3.35. The molecule has 3 N–H and O–H groups in total. The number of aromatic amines is 1. The van der Waals surface area contributed by atoms with Crippen molar-refractivity contribution in [1.82, 2.24) is 19.9 Å². The number of carbonyl (C=O) groups is 1. The smallest absolute Gasteiger partial charge is 0.309 e. The number of aromatic nitrogens is 4. The normalized spacial score (nSPS) is 22.7. The van der Waals surface area contributed by atoms with Crippen LogP contribution in [0.4, 0.5) is 10.2 Å². The molecule has 0 aliphatic heterocycles. The maximum absolute atomic E-state index is 14.2. The zero-order valence-corrected chi connectivity index (χ0v) is 21.3. The van der Waals surface area contributed by atoms with Gasteiger partial charge in [0.15, 0.2) is 5.82 Å². The van der Waals surface area contributed by atoms with Crippen molar-refractivity contribution in [2.75, 3.05) is 5.32 Å². The Morgan fingerprint density at radius 3 is 2.56 bits per heavy atom. The van der Waals surface area contributed by atoms with Crippen molar-refractivity contribution in [2.45, 2.75) is 44.1 Å². The Morgan fingerprint density at radius 2 is 1.79 bits per heavy atom. The highest BCUT2D eigenvalue weighted by Gasteiger charge is 2.52. The molecular formula is C31H28FN5O2. The third-order valence-electron chi connectivity index (χ3n) is 8.65. The molecule has 2 fully saturated rings. The molecule has 3 heterocycles. The second-order valence-corrected chi connectivity index (χ2v) is 10.9. The van der Waals surface area contributed by atoms with Crippen LogP contribution < -0.4 is 5.32 Å². The molecular weight excluding hydrogens is 493 g/mol. The van der Waals surface area contributed by atoms with E-state index in [4.69, 9.17) is 9.97 Å². The highest BCUT2D eigenvalue weighted by Crippen LogP contribution is 2.50. The quantitative estimate of drug-likeness (QED) is 0.235. The van der Waals surface area contributed by atoms with Crippen molar-refractivity contribution < 1.29 is 14.3 Å². The van der Waals surface area contributed by atoms with E-state index in [1.807, 2.05) is 48.5 Å². The van der Waals surface area contributed by atoms with Gasteiger partial charge in [-0.2, -0.15) is 0 Å². The molecule has 1 atom stereocenters. The van der Waals surface area contributed by atoms with Crippen molar-refractivity contribution in [1.29, 1.82) is 0 Å². The van der Waals surface area contributed by atoms with E-state index in [0.717, 1.165) is 60.6 Å². The Morgan fingerprint density at radius 1 is 1.00 bits per heavy atom. The van der Waals surface area contributed by atoms with E-state index in [9.17, 15) is 14.3 Å². The van der Waals surface area contributed by atoms with E-state index in [-0.39, 0.29) is 5.92 Å². The lowest BCUT2D eigenvalue weighted by Gasteiger charge is -2.50. The van der Waals surface area contributed by atoms with Crippen molar-refractivity contribution in [2.24, 2.45) is 11.8 Å². The van der Waals surface area contributed by atoms with Crippen LogP contribution in [0.2, 0.25) is 0 Å². The SMILES string of the molecule is O=C(O)C1C2CCCC1(Nc1nc(-c3c[nH]c4ncc(F)cc34)nc3c(-c4ccccc4)cccc13)CCC2. The summed E-state index contributed by atoms with van der Waals surface area (Å²) in [6, 6.07) is 17.5. The average molecular weight is 522 g/mol. The minimum absolute atomic E-state index is 0.160. The second-order valence-electron chi connectivity index (χ2n) is 10.9. The number of carboxylic acid groups (broad SMARTS) is 1. The predicted molar refractivity (Wildman–Crippen MR) is 149 cm³/mol. The zero-order chi connectivity index (χ0) is 26.6. The third-order valence-corrected chi connectivity index (χ3v) is 8.65. The molecule has 0 saturated heterocycles. The van der Waals surface area contributed by atoms with Crippen LogP contribution in [0.25, 0.3) is 44.5 Å². The summed E-state index contributed by atoms with van der Waals surface area (Å²) in [5.74, 6) is -0.455. The number of anilines is 1. The number of H-pyrrole nitrogens is 1. The van der Waals surface area contributed by atoms with Gasteiger partial charge in [0.25, 0.3) is 0 Å². The summed E-state index contributed by atoms with van der Waals surface area (Å²) in [5, 5.41) is 15.5. The predicted octanol–water partition coefficient (Wildman–Crippen LogP) is 6.81. The number of hydrogen-bond donors (Lipinski definition) is 3. The highest BCUT2D eigenvalue weighted by atomic mass is 19.1. The van der Waals surface area contributed by atoms with Crippen molar-refractivity contribution in [3.05, 3.63) is 72.8 Å². The number of hydrogen-bond acceptors (Lipinski definition) is 5. The molecule has 39 heavy (non-hydrogen) atoms.